The fourth-order valence-corrected chi connectivity index (χ4v) is 4.06. The van der Waals surface area contributed by atoms with Gasteiger partial charge < -0.3 is 10.1 Å². The topological polar surface area (TPSA) is 73.2 Å². The van der Waals surface area contributed by atoms with Gasteiger partial charge in [0.25, 0.3) is 5.91 Å². The van der Waals surface area contributed by atoms with Gasteiger partial charge in [0.2, 0.25) is 0 Å². The maximum atomic E-state index is 13.6. The molecular weight excluding hydrogens is 429 g/mol. The summed E-state index contributed by atoms with van der Waals surface area (Å²) in [6, 6.07) is 14.6. The van der Waals surface area contributed by atoms with Crippen LogP contribution in [0.1, 0.15) is 15.4 Å². The molecule has 1 amide bonds. The molecule has 0 unspecified atom stereocenters. The number of ether oxygens (including phenoxy) is 1. The first-order valence-electron chi connectivity index (χ1n) is 8.89. The van der Waals surface area contributed by atoms with Crippen molar-refractivity contribution in [3.8, 4) is 5.69 Å². The molecule has 0 saturated carbocycles. The van der Waals surface area contributed by atoms with Gasteiger partial charge in [-0.25, -0.2) is 13.9 Å². The van der Waals surface area contributed by atoms with Crippen LogP contribution < -0.4 is 5.32 Å². The Morgan fingerprint density at radius 2 is 1.93 bits per heavy atom. The Kier molecular flexibility index (Phi) is 5.52. The van der Waals surface area contributed by atoms with Gasteiger partial charge in [0, 0.05) is 10.4 Å². The predicted octanol–water partition coefficient (Wildman–Crippen LogP) is 4.98. The monoisotopic (exact) mass is 443 g/mol. The molecule has 0 fully saturated rings. The molecule has 0 saturated heterocycles. The van der Waals surface area contributed by atoms with E-state index in [1.165, 1.54) is 29.5 Å². The molecule has 9 heteroatoms. The van der Waals surface area contributed by atoms with Crippen LogP contribution in [0.5, 0.6) is 0 Å². The number of hydrogen-bond donors (Lipinski definition) is 1. The van der Waals surface area contributed by atoms with Gasteiger partial charge in [-0.3, -0.25) is 4.79 Å². The minimum absolute atomic E-state index is 0.0269. The molecule has 0 aliphatic heterocycles. The maximum absolute atomic E-state index is 13.6. The highest BCUT2D eigenvalue weighted by atomic mass is 35.5. The van der Waals surface area contributed by atoms with Crippen molar-refractivity contribution in [1.29, 1.82) is 0 Å². The van der Waals surface area contributed by atoms with Crippen molar-refractivity contribution in [3.05, 3.63) is 76.0 Å². The summed E-state index contributed by atoms with van der Waals surface area (Å²) < 4.78 is 20.4. The first kappa shape index (κ1) is 20.1. The van der Waals surface area contributed by atoms with Crippen LogP contribution in [0.2, 0.25) is 5.02 Å². The lowest BCUT2D eigenvalue weighted by atomic mass is 10.3. The number of aryl methyl sites for hydroxylation is 1. The lowest BCUT2D eigenvalue weighted by Crippen LogP contribution is -2.21. The fourth-order valence-electron chi connectivity index (χ4n) is 2.86. The molecule has 0 aliphatic rings. The summed E-state index contributed by atoms with van der Waals surface area (Å²) >= 11 is 7.16. The van der Waals surface area contributed by atoms with Crippen LogP contribution in [0, 0.1) is 12.7 Å². The molecule has 1 N–H and O–H groups in total. The summed E-state index contributed by atoms with van der Waals surface area (Å²) in [6.45, 7) is 1.32. The summed E-state index contributed by atoms with van der Waals surface area (Å²) in [5, 5.41) is 8.31. The van der Waals surface area contributed by atoms with E-state index in [9.17, 15) is 14.0 Å². The molecule has 0 aliphatic carbocycles. The van der Waals surface area contributed by atoms with E-state index in [0.29, 0.717) is 9.90 Å². The highest BCUT2D eigenvalue weighted by Crippen LogP contribution is 2.31. The van der Waals surface area contributed by atoms with Crippen LogP contribution in [0.15, 0.2) is 54.6 Å². The van der Waals surface area contributed by atoms with Crippen molar-refractivity contribution >= 4 is 50.7 Å². The number of nitrogens with zero attached hydrogens (tertiary/aromatic N) is 2. The van der Waals surface area contributed by atoms with Gasteiger partial charge in [-0.2, -0.15) is 5.10 Å². The number of rotatable bonds is 5. The zero-order valence-electron chi connectivity index (χ0n) is 15.7. The Hall–Kier alpha value is -3.23. The van der Waals surface area contributed by atoms with E-state index in [2.05, 4.69) is 10.4 Å². The molecule has 0 radical (unpaired) electrons. The molecule has 152 valence electrons. The van der Waals surface area contributed by atoms with Crippen molar-refractivity contribution in [2.75, 3.05) is 11.9 Å². The van der Waals surface area contributed by atoms with Crippen LogP contribution in [-0.2, 0) is 9.53 Å². The second-order valence-electron chi connectivity index (χ2n) is 6.41. The number of amides is 1. The number of halogens is 2. The standard InChI is InChI=1S/C21H15ClFN3O3S/c1-12-15-10-18(30-20(15)26(25-12)14-8-6-13(22)7-9-14)21(28)29-11-19(27)24-17-5-3-2-4-16(17)23/h2-10H,11H2,1H3,(H,24,27). The van der Waals surface area contributed by atoms with Crippen molar-refractivity contribution < 1.29 is 18.7 Å². The summed E-state index contributed by atoms with van der Waals surface area (Å²) in [4.78, 5) is 25.5. The van der Waals surface area contributed by atoms with Crippen LogP contribution >= 0.6 is 22.9 Å². The number of aromatic nitrogens is 2. The average molecular weight is 444 g/mol. The molecule has 2 aromatic carbocycles. The first-order valence-corrected chi connectivity index (χ1v) is 10.1. The number of carbonyl (C=O) groups excluding carboxylic acids is 2. The number of fused-ring (bicyclic) bond motifs is 1. The molecular formula is C21H15ClFN3O3S. The Morgan fingerprint density at radius 3 is 2.67 bits per heavy atom. The van der Waals surface area contributed by atoms with Gasteiger partial charge in [-0.05, 0) is 49.4 Å². The van der Waals surface area contributed by atoms with Gasteiger partial charge in [-0.15, -0.1) is 11.3 Å². The van der Waals surface area contributed by atoms with E-state index in [-0.39, 0.29) is 5.69 Å². The van der Waals surface area contributed by atoms with Crippen molar-refractivity contribution in [2.24, 2.45) is 0 Å². The number of nitrogens with one attached hydrogen (secondary N) is 1. The maximum Gasteiger partial charge on any atom is 0.348 e. The molecule has 4 aromatic rings. The molecule has 2 heterocycles. The Labute approximate surface area is 179 Å². The summed E-state index contributed by atoms with van der Waals surface area (Å²) in [6.07, 6.45) is 0. The number of para-hydroxylation sites is 1. The van der Waals surface area contributed by atoms with E-state index in [1.54, 1.807) is 28.9 Å². The number of esters is 1. The van der Waals surface area contributed by atoms with E-state index in [0.717, 1.165) is 21.6 Å². The van der Waals surface area contributed by atoms with E-state index < -0.39 is 24.3 Å². The third-order valence-corrected chi connectivity index (χ3v) is 5.64. The van der Waals surface area contributed by atoms with Gasteiger partial charge in [-0.1, -0.05) is 23.7 Å². The van der Waals surface area contributed by atoms with Crippen LogP contribution in [-0.4, -0.2) is 28.3 Å². The van der Waals surface area contributed by atoms with Gasteiger partial charge in [0.05, 0.1) is 17.1 Å². The molecule has 0 bridgehead atoms. The molecule has 30 heavy (non-hydrogen) atoms. The number of anilines is 1. The fraction of sp³-hybridized carbons (Fsp3) is 0.0952. The number of benzene rings is 2. The predicted molar refractivity (Wildman–Crippen MR) is 114 cm³/mol. The zero-order chi connectivity index (χ0) is 21.3. The summed E-state index contributed by atoms with van der Waals surface area (Å²) in [5.74, 6) is -1.83. The molecule has 0 atom stereocenters. The van der Waals surface area contributed by atoms with E-state index in [1.807, 2.05) is 19.1 Å². The number of thiophene rings is 1. The molecule has 0 spiro atoms. The Bertz CT molecular complexity index is 1250. The van der Waals surface area contributed by atoms with Gasteiger partial charge in [0.15, 0.2) is 6.61 Å². The largest absolute Gasteiger partial charge is 0.451 e. The summed E-state index contributed by atoms with van der Waals surface area (Å²) in [7, 11) is 0. The second kappa shape index (κ2) is 8.25. The number of carbonyl (C=O) groups is 2. The highest BCUT2D eigenvalue weighted by Gasteiger charge is 2.19. The smallest absolute Gasteiger partial charge is 0.348 e. The zero-order valence-corrected chi connectivity index (χ0v) is 17.3. The SMILES string of the molecule is Cc1nn(-c2ccc(Cl)cc2)c2sc(C(=O)OCC(=O)Nc3ccccc3F)cc12. The van der Waals surface area contributed by atoms with Crippen LogP contribution in [0.25, 0.3) is 15.9 Å². The first-order chi connectivity index (χ1) is 14.4. The van der Waals surface area contributed by atoms with E-state index in [4.69, 9.17) is 16.3 Å². The third-order valence-electron chi connectivity index (χ3n) is 4.30. The highest BCUT2D eigenvalue weighted by molar-refractivity contribution is 7.20. The van der Waals surface area contributed by atoms with Crippen molar-refractivity contribution in [3.63, 3.8) is 0 Å². The van der Waals surface area contributed by atoms with Gasteiger partial charge in [0.1, 0.15) is 15.5 Å². The normalized spacial score (nSPS) is 10.9. The minimum atomic E-state index is -0.637. The average Bonchev–Trinajstić information content (AvgIpc) is 3.29. The minimum Gasteiger partial charge on any atom is -0.451 e. The Morgan fingerprint density at radius 1 is 1.20 bits per heavy atom. The van der Waals surface area contributed by atoms with Crippen molar-refractivity contribution in [1.82, 2.24) is 9.78 Å². The van der Waals surface area contributed by atoms with Crippen LogP contribution in [0.3, 0.4) is 0 Å². The quantitative estimate of drug-likeness (QED) is 0.441. The third kappa shape index (κ3) is 4.05. The van der Waals surface area contributed by atoms with Crippen molar-refractivity contribution in [2.45, 2.75) is 6.92 Å². The molecule has 2 aromatic heterocycles. The Balaban J connectivity index is 1.48. The summed E-state index contributed by atoms with van der Waals surface area (Å²) in [5.41, 5.74) is 1.59. The van der Waals surface area contributed by atoms with Crippen LogP contribution in [0.4, 0.5) is 10.1 Å². The second-order valence-corrected chi connectivity index (χ2v) is 7.87. The lowest BCUT2D eigenvalue weighted by molar-refractivity contribution is -0.119. The van der Waals surface area contributed by atoms with Gasteiger partial charge >= 0.3 is 5.97 Å². The number of hydrogen-bond acceptors (Lipinski definition) is 5. The molecule has 4 rings (SSSR count). The molecule has 6 nitrogen and oxygen atoms in total. The lowest BCUT2D eigenvalue weighted by Gasteiger charge is -2.06. The van der Waals surface area contributed by atoms with E-state index >= 15 is 0 Å².